The number of hydrogen-bond donors (Lipinski definition) is 2. The molecule has 0 fully saturated rings. The average molecular weight is 449 g/mol. The van der Waals surface area contributed by atoms with Crippen LogP contribution in [-0.4, -0.2) is 29.3 Å². The number of ether oxygens (including phenoxy) is 1. The van der Waals surface area contributed by atoms with Crippen molar-refractivity contribution in [3.63, 3.8) is 0 Å². The van der Waals surface area contributed by atoms with Crippen molar-refractivity contribution >= 4 is 18.1 Å². The van der Waals surface area contributed by atoms with E-state index in [9.17, 15) is 14.9 Å². The summed E-state index contributed by atoms with van der Waals surface area (Å²) in [4.78, 5) is 31.2. The van der Waals surface area contributed by atoms with Crippen LogP contribution in [0.4, 0.5) is 5.95 Å². The SMILES string of the molecule is COC(=O)c1cccc(-c2ccccc2C=NNc2nc(-c3ccccc3)c(C#N)c(=O)[nH]2)c1. The number of aromatic amines is 1. The van der Waals surface area contributed by atoms with Crippen LogP contribution in [-0.2, 0) is 4.74 Å². The molecule has 4 aromatic rings. The number of carbonyl (C=O) groups is 1. The predicted molar refractivity (Wildman–Crippen MR) is 129 cm³/mol. The van der Waals surface area contributed by atoms with E-state index in [1.807, 2.05) is 42.5 Å². The molecule has 0 saturated carbocycles. The van der Waals surface area contributed by atoms with Gasteiger partial charge in [0.05, 0.1) is 24.6 Å². The maximum Gasteiger partial charge on any atom is 0.337 e. The molecule has 166 valence electrons. The van der Waals surface area contributed by atoms with Gasteiger partial charge in [-0.25, -0.2) is 15.2 Å². The van der Waals surface area contributed by atoms with Gasteiger partial charge in [0.25, 0.3) is 5.56 Å². The van der Waals surface area contributed by atoms with E-state index < -0.39 is 11.5 Å². The molecule has 0 aliphatic rings. The Kier molecular flexibility index (Phi) is 6.56. The number of carbonyl (C=O) groups excluding carboxylic acids is 1. The largest absolute Gasteiger partial charge is 0.465 e. The molecule has 1 heterocycles. The van der Waals surface area contributed by atoms with E-state index in [4.69, 9.17) is 4.74 Å². The summed E-state index contributed by atoms with van der Waals surface area (Å²) in [6.07, 6.45) is 1.58. The van der Waals surface area contributed by atoms with Crippen LogP contribution >= 0.6 is 0 Å². The van der Waals surface area contributed by atoms with Gasteiger partial charge in [0, 0.05) is 11.1 Å². The molecule has 8 nitrogen and oxygen atoms in total. The van der Waals surface area contributed by atoms with Gasteiger partial charge in [0.1, 0.15) is 11.6 Å². The van der Waals surface area contributed by atoms with Crippen LogP contribution in [0, 0.1) is 11.3 Å². The zero-order chi connectivity index (χ0) is 23.9. The summed E-state index contributed by atoms with van der Waals surface area (Å²) in [5.74, 6) is -0.316. The second-order valence-electron chi connectivity index (χ2n) is 7.15. The molecule has 4 rings (SSSR count). The number of H-pyrrole nitrogens is 1. The molecule has 0 spiro atoms. The molecule has 0 aliphatic carbocycles. The normalized spacial score (nSPS) is 10.6. The first-order valence-corrected chi connectivity index (χ1v) is 10.3. The molecule has 34 heavy (non-hydrogen) atoms. The van der Waals surface area contributed by atoms with Crippen molar-refractivity contribution < 1.29 is 9.53 Å². The first-order valence-electron chi connectivity index (χ1n) is 10.3. The van der Waals surface area contributed by atoms with Gasteiger partial charge in [-0.3, -0.25) is 9.78 Å². The lowest BCUT2D eigenvalue weighted by atomic mass is 9.98. The minimum Gasteiger partial charge on any atom is -0.465 e. The van der Waals surface area contributed by atoms with E-state index >= 15 is 0 Å². The van der Waals surface area contributed by atoms with Crippen LogP contribution in [0.3, 0.4) is 0 Å². The van der Waals surface area contributed by atoms with Gasteiger partial charge in [0.15, 0.2) is 0 Å². The Morgan fingerprint density at radius 3 is 2.56 bits per heavy atom. The third-order valence-corrected chi connectivity index (χ3v) is 5.01. The van der Waals surface area contributed by atoms with Gasteiger partial charge >= 0.3 is 5.97 Å². The number of anilines is 1. The minimum atomic E-state index is -0.561. The highest BCUT2D eigenvalue weighted by Crippen LogP contribution is 2.24. The molecule has 0 radical (unpaired) electrons. The van der Waals surface area contributed by atoms with Gasteiger partial charge in [-0.15, -0.1) is 0 Å². The summed E-state index contributed by atoms with van der Waals surface area (Å²) in [5.41, 5.74) is 5.90. The van der Waals surface area contributed by atoms with Crippen LogP contribution in [0.25, 0.3) is 22.4 Å². The summed E-state index contributed by atoms with van der Waals surface area (Å²) in [6, 6.07) is 25.5. The lowest BCUT2D eigenvalue weighted by Gasteiger charge is -2.08. The van der Waals surface area contributed by atoms with Gasteiger partial charge in [-0.1, -0.05) is 66.7 Å². The smallest absolute Gasteiger partial charge is 0.337 e. The lowest BCUT2D eigenvalue weighted by Crippen LogP contribution is -2.16. The van der Waals surface area contributed by atoms with Crippen LogP contribution in [0.1, 0.15) is 21.5 Å². The Morgan fingerprint density at radius 2 is 1.79 bits per heavy atom. The number of benzene rings is 3. The van der Waals surface area contributed by atoms with Gasteiger partial charge in [0.2, 0.25) is 5.95 Å². The number of esters is 1. The summed E-state index contributed by atoms with van der Waals surface area (Å²) >= 11 is 0. The fourth-order valence-corrected chi connectivity index (χ4v) is 3.40. The van der Waals surface area contributed by atoms with Crippen LogP contribution in [0.2, 0.25) is 0 Å². The Morgan fingerprint density at radius 1 is 1.06 bits per heavy atom. The standard InChI is InChI=1S/C26H19N5O3/c1-34-25(33)19-12-7-11-18(14-19)21-13-6-5-10-20(21)16-28-31-26-29-23(17-8-3-2-4-9-17)22(15-27)24(32)30-26/h2-14,16H,1H3,(H2,29,30,31,32). The molecule has 2 N–H and O–H groups in total. The molecular formula is C26H19N5O3. The van der Waals surface area contributed by atoms with Gasteiger partial charge < -0.3 is 4.74 Å². The lowest BCUT2D eigenvalue weighted by molar-refractivity contribution is 0.0601. The van der Waals surface area contributed by atoms with Crippen molar-refractivity contribution in [2.75, 3.05) is 12.5 Å². The number of rotatable bonds is 6. The van der Waals surface area contributed by atoms with E-state index in [0.717, 1.165) is 16.7 Å². The monoisotopic (exact) mass is 449 g/mol. The van der Waals surface area contributed by atoms with Crippen LogP contribution in [0.5, 0.6) is 0 Å². The number of hydrogen-bond acceptors (Lipinski definition) is 7. The van der Waals surface area contributed by atoms with Crippen molar-refractivity contribution in [1.29, 1.82) is 5.26 Å². The van der Waals surface area contributed by atoms with E-state index in [-0.39, 0.29) is 17.2 Å². The Hall–Kier alpha value is -5.03. The average Bonchev–Trinajstić information content (AvgIpc) is 2.89. The predicted octanol–water partition coefficient (Wildman–Crippen LogP) is 4.21. The van der Waals surface area contributed by atoms with Crippen LogP contribution in [0.15, 0.2) is 88.8 Å². The number of nitrogens with zero attached hydrogens (tertiary/aromatic N) is 3. The molecule has 1 aromatic heterocycles. The van der Waals surface area contributed by atoms with Gasteiger partial charge in [-0.05, 0) is 23.3 Å². The molecule has 8 heteroatoms. The molecule has 0 bridgehead atoms. The maximum atomic E-state index is 12.4. The number of methoxy groups -OCH3 is 1. The zero-order valence-corrected chi connectivity index (χ0v) is 18.1. The fourth-order valence-electron chi connectivity index (χ4n) is 3.40. The quantitative estimate of drug-likeness (QED) is 0.258. The molecule has 0 atom stereocenters. The highest BCUT2D eigenvalue weighted by Gasteiger charge is 2.13. The third-order valence-electron chi connectivity index (χ3n) is 5.01. The fraction of sp³-hybridized carbons (Fsp3) is 0.0385. The van der Waals surface area contributed by atoms with Gasteiger partial charge in [-0.2, -0.15) is 10.4 Å². The molecule has 0 saturated heterocycles. The summed E-state index contributed by atoms with van der Waals surface area (Å²) in [6.45, 7) is 0. The van der Waals surface area contributed by atoms with E-state index in [0.29, 0.717) is 11.1 Å². The van der Waals surface area contributed by atoms with Crippen molar-refractivity contribution in [1.82, 2.24) is 9.97 Å². The minimum absolute atomic E-state index is 0.0726. The maximum absolute atomic E-state index is 12.4. The number of nitriles is 1. The molecule has 3 aromatic carbocycles. The highest BCUT2D eigenvalue weighted by molar-refractivity contribution is 5.94. The van der Waals surface area contributed by atoms with E-state index in [2.05, 4.69) is 20.5 Å². The van der Waals surface area contributed by atoms with Crippen molar-refractivity contribution in [3.05, 3.63) is 106 Å². The Balaban J connectivity index is 1.64. The molecule has 0 aliphatic heterocycles. The topological polar surface area (TPSA) is 120 Å². The second-order valence-corrected chi connectivity index (χ2v) is 7.15. The van der Waals surface area contributed by atoms with Crippen molar-refractivity contribution in [2.45, 2.75) is 0 Å². The first-order chi connectivity index (χ1) is 16.6. The second kappa shape index (κ2) is 10.1. The molecule has 0 unspecified atom stereocenters. The van der Waals surface area contributed by atoms with E-state index in [1.165, 1.54) is 7.11 Å². The third kappa shape index (κ3) is 4.74. The zero-order valence-electron chi connectivity index (χ0n) is 18.1. The Labute approximate surface area is 195 Å². The summed E-state index contributed by atoms with van der Waals surface area (Å²) < 4.78 is 4.81. The molecular weight excluding hydrogens is 430 g/mol. The molecule has 0 amide bonds. The van der Waals surface area contributed by atoms with Crippen molar-refractivity contribution in [2.24, 2.45) is 5.10 Å². The number of aromatic nitrogens is 2. The van der Waals surface area contributed by atoms with E-state index in [1.54, 1.807) is 48.7 Å². The number of hydrazone groups is 1. The van der Waals surface area contributed by atoms with Crippen molar-refractivity contribution in [3.8, 4) is 28.5 Å². The first kappa shape index (κ1) is 22.2. The van der Waals surface area contributed by atoms with Crippen LogP contribution < -0.4 is 11.0 Å². The summed E-state index contributed by atoms with van der Waals surface area (Å²) in [5, 5.41) is 13.6. The highest BCUT2D eigenvalue weighted by atomic mass is 16.5. The summed E-state index contributed by atoms with van der Waals surface area (Å²) in [7, 11) is 1.34. The number of nitrogens with one attached hydrogen (secondary N) is 2. The Bertz CT molecular complexity index is 1470.